The van der Waals surface area contributed by atoms with Crippen molar-refractivity contribution in [2.24, 2.45) is 0 Å². The number of anilines is 1. The van der Waals surface area contributed by atoms with E-state index in [0.717, 1.165) is 17.9 Å². The van der Waals surface area contributed by atoms with Crippen LogP contribution >= 0.6 is 0 Å². The molecule has 3 rings (SSSR count). The molecule has 0 bridgehead atoms. The topological polar surface area (TPSA) is 43.8 Å². The van der Waals surface area contributed by atoms with Crippen LogP contribution in [0.1, 0.15) is 35.7 Å². The first-order valence-corrected chi connectivity index (χ1v) is 6.13. The van der Waals surface area contributed by atoms with E-state index in [9.17, 15) is 0 Å². The number of aromatic nitrogens is 2. The molecule has 3 nitrogen and oxygen atoms in total. The number of hydrogen-bond acceptors (Lipinski definition) is 2. The highest BCUT2D eigenvalue weighted by atomic mass is 15.1. The van der Waals surface area contributed by atoms with E-state index >= 15 is 0 Å². The lowest BCUT2D eigenvalue weighted by atomic mass is 9.88. The molecule has 2 N–H and O–H groups in total. The average molecular weight is 227 g/mol. The van der Waals surface area contributed by atoms with Gasteiger partial charge < -0.3 is 10.3 Å². The standard InChI is InChI=1S/C14H17N3/c1-10-14-13(3-2-8-17(14)9-16-10)11-4-6-12(15)7-5-11/h4-7,9,13H,2-3,8,15H2,1H3. The number of fused-ring (bicyclic) bond motifs is 1. The molecule has 88 valence electrons. The van der Waals surface area contributed by atoms with Crippen molar-refractivity contribution in [3.05, 3.63) is 47.5 Å². The molecule has 0 amide bonds. The number of rotatable bonds is 1. The zero-order valence-electron chi connectivity index (χ0n) is 10.1. The largest absolute Gasteiger partial charge is 0.399 e. The number of nitrogen functional groups attached to an aromatic ring is 1. The molecule has 0 fully saturated rings. The van der Waals surface area contributed by atoms with Gasteiger partial charge in [-0.1, -0.05) is 12.1 Å². The Kier molecular flexibility index (Phi) is 2.39. The van der Waals surface area contributed by atoms with Gasteiger partial charge in [0.25, 0.3) is 0 Å². The molecular weight excluding hydrogens is 210 g/mol. The van der Waals surface area contributed by atoms with Crippen molar-refractivity contribution in [1.29, 1.82) is 0 Å². The summed E-state index contributed by atoms with van der Waals surface area (Å²) >= 11 is 0. The Balaban J connectivity index is 2.05. The molecule has 1 aliphatic rings. The lowest BCUT2D eigenvalue weighted by Gasteiger charge is -2.25. The molecular formula is C14H17N3. The fraction of sp³-hybridized carbons (Fsp3) is 0.357. The summed E-state index contributed by atoms with van der Waals surface area (Å²) in [4.78, 5) is 4.43. The van der Waals surface area contributed by atoms with Crippen LogP contribution in [0.15, 0.2) is 30.6 Å². The molecule has 1 aliphatic heterocycles. The Bertz CT molecular complexity index is 525. The van der Waals surface area contributed by atoms with Crippen LogP contribution in [0.4, 0.5) is 5.69 Å². The second kappa shape index (κ2) is 3.91. The van der Waals surface area contributed by atoms with Gasteiger partial charge in [0.1, 0.15) is 0 Å². The minimum Gasteiger partial charge on any atom is -0.399 e. The van der Waals surface area contributed by atoms with Gasteiger partial charge in [0.15, 0.2) is 0 Å². The summed E-state index contributed by atoms with van der Waals surface area (Å²) < 4.78 is 2.29. The van der Waals surface area contributed by atoms with E-state index in [2.05, 4.69) is 28.6 Å². The summed E-state index contributed by atoms with van der Waals surface area (Å²) in [7, 11) is 0. The Hall–Kier alpha value is -1.77. The molecule has 0 saturated heterocycles. The highest BCUT2D eigenvalue weighted by Crippen LogP contribution is 2.35. The number of nitrogens with zero attached hydrogens (tertiary/aromatic N) is 2. The van der Waals surface area contributed by atoms with Gasteiger partial charge in [0, 0.05) is 23.8 Å². The molecule has 17 heavy (non-hydrogen) atoms. The fourth-order valence-corrected chi connectivity index (χ4v) is 2.78. The number of nitrogens with two attached hydrogens (primary N) is 1. The van der Waals surface area contributed by atoms with Gasteiger partial charge in [0.2, 0.25) is 0 Å². The lowest BCUT2D eigenvalue weighted by Crippen LogP contribution is -2.16. The summed E-state index contributed by atoms with van der Waals surface area (Å²) in [5, 5.41) is 0. The third kappa shape index (κ3) is 1.71. The van der Waals surface area contributed by atoms with Gasteiger partial charge in [-0.3, -0.25) is 0 Å². The monoisotopic (exact) mass is 227 g/mol. The van der Waals surface area contributed by atoms with Gasteiger partial charge in [-0.15, -0.1) is 0 Å². The van der Waals surface area contributed by atoms with Crippen LogP contribution in [0.3, 0.4) is 0 Å². The lowest BCUT2D eigenvalue weighted by molar-refractivity contribution is 0.489. The number of benzene rings is 1. The number of hydrogen-bond donors (Lipinski definition) is 1. The predicted molar refractivity (Wildman–Crippen MR) is 68.9 cm³/mol. The van der Waals surface area contributed by atoms with Gasteiger partial charge >= 0.3 is 0 Å². The molecule has 1 unspecified atom stereocenters. The molecule has 0 spiro atoms. The van der Waals surface area contributed by atoms with Crippen molar-refractivity contribution in [3.63, 3.8) is 0 Å². The Morgan fingerprint density at radius 2 is 2.06 bits per heavy atom. The van der Waals surface area contributed by atoms with Crippen LogP contribution in [0, 0.1) is 6.92 Å². The van der Waals surface area contributed by atoms with E-state index in [4.69, 9.17) is 5.73 Å². The summed E-state index contributed by atoms with van der Waals surface area (Å²) in [5.74, 6) is 0.479. The van der Waals surface area contributed by atoms with Crippen molar-refractivity contribution in [1.82, 2.24) is 9.55 Å². The molecule has 2 aromatic rings. The van der Waals surface area contributed by atoms with Crippen molar-refractivity contribution in [2.45, 2.75) is 32.2 Å². The summed E-state index contributed by atoms with van der Waals surface area (Å²) in [6.07, 6.45) is 4.39. The maximum Gasteiger partial charge on any atom is 0.0951 e. The van der Waals surface area contributed by atoms with E-state index < -0.39 is 0 Å². The van der Waals surface area contributed by atoms with Crippen molar-refractivity contribution < 1.29 is 0 Å². The van der Waals surface area contributed by atoms with Crippen LogP contribution < -0.4 is 5.73 Å². The van der Waals surface area contributed by atoms with E-state index in [1.54, 1.807) is 0 Å². The van der Waals surface area contributed by atoms with Gasteiger partial charge in [-0.25, -0.2) is 4.98 Å². The smallest absolute Gasteiger partial charge is 0.0951 e. The zero-order chi connectivity index (χ0) is 11.8. The first kappa shape index (κ1) is 10.4. The van der Waals surface area contributed by atoms with Gasteiger partial charge in [0.05, 0.1) is 12.0 Å². The van der Waals surface area contributed by atoms with Crippen LogP contribution in [0.25, 0.3) is 0 Å². The minimum atomic E-state index is 0.479. The third-order valence-corrected chi connectivity index (χ3v) is 3.63. The average Bonchev–Trinajstić information content (AvgIpc) is 2.73. The normalized spacial score (nSPS) is 19.0. The van der Waals surface area contributed by atoms with Crippen LogP contribution in [-0.2, 0) is 6.54 Å². The quantitative estimate of drug-likeness (QED) is 0.761. The molecule has 1 aromatic heterocycles. The maximum absolute atomic E-state index is 5.74. The molecule has 3 heteroatoms. The van der Waals surface area contributed by atoms with Crippen molar-refractivity contribution >= 4 is 5.69 Å². The summed E-state index contributed by atoms with van der Waals surface area (Å²) in [6.45, 7) is 3.20. The fourth-order valence-electron chi connectivity index (χ4n) is 2.78. The molecule has 1 atom stereocenters. The van der Waals surface area contributed by atoms with Crippen LogP contribution in [0.5, 0.6) is 0 Å². The van der Waals surface area contributed by atoms with E-state index in [1.165, 1.54) is 24.1 Å². The maximum atomic E-state index is 5.74. The first-order chi connectivity index (χ1) is 8.25. The highest BCUT2D eigenvalue weighted by molar-refractivity contribution is 5.42. The van der Waals surface area contributed by atoms with Gasteiger partial charge in [-0.05, 0) is 37.5 Å². The second-order valence-corrected chi connectivity index (χ2v) is 4.77. The van der Waals surface area contributed by atoms with Crippen molar-refractivity contribution in [2.75, 3.05) is 5.73 Å². The van der Waals surface area contributed by atoms with E-state index in [1.807, 2.05) is 18.5 Å². The van der Waals surface area contributed by atoms with Gasteiger partial charge in [-0.2, -0.15) is 0 Å². The molecule has 0 radical (unpaired) electrons. The molecule has 0 aliphatic carbocycles. The Morgan fingerprint density at radius 3 is 2.82 bits per heavy atom. The summed E-state index contributed by atoms with van der Waals surface area (Å²) in [6, 6.07) is 8.25. The van der Waals surface area contributed by atoms with E-state index in [0.29, 0.717) is 5.92 Å². The Labute approximate surface area is 101 Å². The predicted octanol–water partition coefficient (Wildman–Crippen LogP) is 2.70. The number of aryl methyl sites for hydroxylation is 2. The molecule has 1 aromatic carbocycles. The highest BCUT2D eigenvalue weighted by Gasteiger charge is 2.24. The third-order valence-electron chi connectivity index (χ3n) is 3.63. The number of imidazole rings is 1. The second-order valence-electron chi connectivity index (χ2n) is 4.77. The SMILES string of the molecule is Cc1ncn2c1C(c1ccc(N)cc1)CCC2. The Morgan fingerprint density at radius 1 is 1.29 bits per heavy atom. The molecule has 0 saturated carbocycles. The van der Waals surface area contributed by atoms with Crippen molar-refractivity contribution in [3.8, 4) is 0 Å². The van der Waals surface area contributed by atoms with E-state index in [-0.39, 0.29) is 0 Å². The zero-order valence-corrected chi connectivity index (χ0v) is 10.1. The molecule has 2 heterocycles. The van der Waals surface area contributed by atoms with Crippen LogP contribution in [0.2, 0.25) is 0 Å². The summed E-state index contributed by atoms with van der Waals surface area (Å²) in [5.41, 5.74) is 10.5. The first-order valence-electron chi connectivity index (χ1n) is 6.13. The minimum absolute atomic E-state index is 0.479. The van der Waals surface area contributed by atoms with Crippen LogP contribution in [-0.4, -0.2) is 9.55 Å².